The van der Waals surface area contributed by atoms with E-state index in [9.17, 15) is 9.90 Å². The largest absolute Gasteiger partial charge is 0.512 e. The molecule has 0 saturated carbocycles. The van der Waals surface area contributed by atoms with Crippen molar-refractivity contribution in [2.24, 2.45) is 0 Å². The van der Waals surface area contributed by atoms with Crippen molar-refractivity contribution in [2.75, 3.05) is 13.7 Å². The van der Waals surface area contributed by atoms with Crippen LogP contribution >= 0.6 is 0 Å². The Hall–Kier alpha value is -2.31. The minimum absolute atomic E-state index is 0.0492. The van der Waals surface area contributed by atoms with E-state index < -0.39 is 9.28 Å². The van der Waals surface area contributed by atoms with E-state index in [2.05, 4.69) is 26.8 Å². The smallest absolute Gasteiger partial charge is 0.449 e. The molecule has 154 valence electrons. The minimum atomic E-state index is -2.19. The Bertz CT molecular complexity index is 1030. The highest BCUT2D eigenvalue weighted by Crippen LogP contribution is 2.52. The first-order valence-corrected chi connectivity index (χ1v) is 11.6. The van der Waals surface area contributed by atoms with E-state index in [4.69, 9.17) is 13.6 Å². The molecule has 2 aromatic carbocycles. The van der Waals surface area contributed by atoms with Crippen molar-refractivity contribution in [3.8, 4) is 17.2 Å². The van der Waals surface area contributed by atoms with Gasteiger partial charge in [-0.05, 0) is 31.4 Å². The summed E-state index contributed by atoms with van der Waals surface area (Å²) in [6.45, 7) is 8.32. The predicted molar refractivity (Wildman–Crippen MR) is 117 cm³/mol. The van der Waals surface area contributed by atoms with Gasteiger partial charge in [-0.3, -0.25) is 4.79 Å². The maximum absolute atomic E-state index is 13.0. The topological polar surface area (TPSA) is 65.0 Å². The number of carbonyl (C=O) groups excluding carboxylic acids is 1. The van der Waals surface area contributed by atoms with Crippen LogP contribution in [0.25, 0.3) is 16.8 Å². The molecule has 0 bridgehead atoms. The molecule has 29 heavy (non-hydrogen) atoms. The first-order chi connectivity index (χ1) is 13.8. The number of hydrogen-bond donors (Lipinski definition) is 1. The zero-order valence-electron chi connectivity index (χ0n) is 17.7. The highest BCUT2D eigenvalue weighted by molar-refractivity contribution is 6.51. The molecule has 0 radical (unpaired) electrons. The number of carbonyl (C=O) groups is 1. The number of aryl methyl sites for hydroxylation is 1. The number of ether oxygens (including phenoxy) is 1. The summed E-state index contributed by atoms with van der Waals surface area (Å²) in [4.78, 5) is 13.0. The molecule has 0 aromatic heterocycles. The quantitative estimate of drug-likeness (QED) is 0.754. The fourth-order valence-electron chi connectivity index (χ4n) is 4.27. The van der Waals surface area contributed by atoms with E-state index in [0.29, 0.717) is 17.7 Å². The summed E-state index contributed by atoms with van der Waals surface area (Å²) in [6.07, 6.45) is 5.75. The Balaban J connectivity index is 2.15. The highest BCUT2D eigenvalue weighted by Gasteiger charge is 2.41. The Labute approximate surface area is 173 Å². The number of aliphatic hydroxyl groups excluding tert-OH is 1. The molecule has 1 heterocycles. The second kappa shape index (κ2) is 7.18. The van der Waals surface area contributed by atoms with Gasteiger partial charge in [-0.25, -0.2) is 0 Å². The van der Waals surface area contributed by atoms with E-state index >= 15 is 0 Å². The average Bonchev–Trinajstić information content (AvgIpc) is 2.66. The van der Waals surface area contributed by atoms with Gasteiger partial charge in [0.25, 0.3) is 0 Å². The SMILES string of the molecule is COc1c2c(c3c4c(c(/C=C/CO)c(C)cc14)O[SiH](C(C)(C)C)O3)C(=O)CCC2. The average molecular weight is 413 g/mol. The molecule has 4 rings (SSSR count). The number of fused-ring (bicyclic) bond motifs is 2. The standard InChI is InChI=1S/C23H28O5Si/c1-13-12-16-19-21(14(13)9-7-11-24)27-29(23(2,3)4)28-22(19)18-15(20(16)26-5)8-6-10-17(18)25/h7,9,12,24,29H,6,8,10-11H2,1-5H3/b9-7+. The van der Waals surface area contributed by atoms with Gasteiger partial charge in [0.05, 0.1) is 24.7 Å². The van der Waals surface area contributed by atoms with Crippen molar-refractivity contribution >= 4 is 31.9 Å². The lowest BCUT2D eigenvalue weighted by atomic mass is 9.85. The highest BCUT2D eigenvalue weighted by atomic mass is 28.3. The van der Waals surface area contributed by atoms with Crippen LogP contribution < -0.4 is 13.6 Å². The van der Waals surface area contributed by atoms with Crippen LogP contribution in [0.5, 0.6) is 17.2 Å². The zero-order valence-corrected chi connectivity index (χ0v) is 18.9. The van der Waals surface area contributed by atoms with E-state index in [1.54, 1.807) is 13.2 Å². The lowest BCUT2D eigenvalue weighted by Gasteiger charge is -2.37. The molecule has 0 fully saturated rings. The van der Waals surface area contributed by atoms with Gasteiger partial charge in [0, 0.05) is 28.0 Å². The fourth-order valence-corrected chi connectivity index (χ4v) is 5.94. The second-order valence-corrected chi connectivity index (χ2v) is 11.7. The number of benzene rings is 2. The van der Waals surface area contributed by atoms with Gasteiger partial charge >= 0.3 is 9.28 Å². The van der Waals surface area contributed by atoms with Crippen molar-refractivity contribution < 1.29 is 23.5 Å². The molecule has 0 spiro atoms. The van der Waals surface area contributed by atoms with Crippen molar-refractivity contribution in [1.82, 2.24) is 0 Å². The molecule has 2 aliphatic rings. The molecule has 0 saturated heterocycles. The molecule has 0 amide bonds. The molecule has 1 N–H and O–H groups in total. The van der Waals surface area contributed by atoms with E-state index in [1.165, 1.54) is 0 Å². The fraction of sp³-hybridized carbons (Fsp3) is 0.435. The van der Waals surface area contributed by atoms with E-state index in [1.807, 2.05) is 13.0 Å². The van der Waals surface area contributed by atoms with Crippen LogP contribution in [-0.2, 0) is 6.42 Å². The van der Waals surface area contributed by atoms with Crippen molar-refractivity contribution in [3.63, 3.8) is 0 Å². The van der Waals surface area contributed by atoms with Gasteiger partial charge in [-0.2, -0.15) is 0 Å². The van der Waals surface area contributed by atoms with Crippen molar-refractivity contribution in [2.45, 2.75) is 52.0 Å². The number of Topliss-reactive ketones (excluding diaryl/α,β-unsaturated/α-hetero) is 1. The van der Waals surface area contributed by atoms with Crippen LogP contribution in [0.4, 0.5) is 0 Å². The van der Waals surface area contributed by atoms with E-state index in [0.717, 1.165) is 51.8 Å². The van der Waals surface area contributed by atoms with Crippen LogP contribution in [0.2, 0.25) is 5.04 Å². The van der Waals surface area contributed by atoms with Gasteiger partial charge in [0.2, 0.25) is 0 Å². The Morgan fingerprint density at radius 1 is 1.24 bits per heavy atom. The molecule has 1 aliphatic heterocycles. The van der Waals surface area contributed by atoms with Gasteiger partial charge in [0.15, 0.2) is 5.78 Å². The number of aliphatic hydroxyl groups is 1. The van der Waals surface area contributed by atoms with Crippen LogP contribution in [-0.4, -0.2) is 33.9 Å². The van der Waals surface area contributed by atoms with Crippen molar-refractivity contribution in [3.05, 3.63) is 34.4 Å². The summed E-state index contributed by atoms with van der Waals surface area (Å²) in [5, 5.41) is 10.9. The number of methoxy groups -OCH3 is 1. The number of ketones is 1. The first kappa shape index (κ1) is 20.0. The van der Waals surface area contributed by atoms with Crippen LogP contribution in [0, 0.1) is 6.92 Å². The lowest BCUT2D eigenvalue weighted by molar-refractivity contribution is 0.0969. The van der Waals surface area contributed by atoms with Crippen LogP contribution in [0.3, 0.4) is 0 Å². The Morgan fingerprint density at radius 2 is 1.97 bits per heavy atom. The normalized spacial score (nSPS) is 18.6. The van der Waals surface area contributed by atoms with Crippen molar-refractivity contribution in [1.29, 1.82) is 0 Å². The molecule has 1 unspecified atom stereocenters. The summed E-state index contributed by atoms with van der Waals surface area (Å²) in [5.74, 6) is 2.28. The lowest BCUT2D eigenvalue weighted by Crippen LogP contribution is -2.42. The van der Waals surface area contributed by atoms with Gasteiger partial charge < -0.3 is 18.7 Å². The molecule has 5 nitrogen and oxygen atoms in total. The zero-order chi connectivity index (χ0) is 20.9. The number of rotatable bonds is 3. The second-order valence-electron chi connectivity index (χ2n) is 8.87. The first-order valence-electron chi connectivity index (χ1n) is 10.1. The minimum Gasteiger partial charge on any atom is -0.512 e. The Morgan fingerprint density at radius 3 is 2.62 bits per heavy atom. The maximum atomic E-state index is 13.0. The maximum Gasteiger partial charge on any atom is 0.449 e. The Kier molecular flexibility index (Phi) is 4.95. The summed E-state index contributed by atoms with van der Waals surface area (Å²) in [7, 11) is -0.534. The third kappa shape index (κ3) is 3.15. The van der Waals surface area contributed by atoms with Gasteiger partial charge in [-0.15, -0.1) is 0 Å². The summed E-state index contributed by atoms with van der Waals surface area (Å²) < 4.78 is 18.8. The molecule has 2 aromatic rings. The third-order valence-electron chi connectivity index (χ3n) is 5.66. The number of hydrogen-bond acceptors (Lipinski definition) is 5. The van der Waals surface area contributed by atoms with Gasteiger partial charge in [-0.1, -0.05) is 32.9 Å². The summed E-state index contributed by atoms with van der Waals surface area (Å²) in [5.41, 5.74) is 3.59. The van der Waals surface area contributed by atoms with Crippen LogP contribution in [0.15, 0.2) is 12.1 Å². The molecule has 1 aliphatic carbocycles. The molecule has 1 atom stereocenters. The molecule has 6 heteroatoms. The molecular weight excluding hydrogens is 384 g/mol. The monoisotopic (exact) mass is 412 g/mol. The van der Waals surface area contributed by atoms with E-state index in [-0.39, 0.29) is 17.4 Å². The van der Waals surface area contributed by atoms with Gasteiger partial charge in [0.1, 0.15) is 17.2 Å². The third-order valence-corrected chi connectivity index (χ3v) is 7.98. The summed E-state index contributed by atoms with van der Waals surface area (Å²) >= 11 is 0. The molecular formula is C23H28O5Si. The summed E-state index contributed by atoms with van der Waals surface area (Å²) in [6, 6.07) is 2.07. The van der Waals surface area contributed by atoms with Crippen LogP contribution in [0.1, 0.15) is 60.7 Å². The predicted octanol–water partition coefficient (Wildman–Crippen LogP) is 4.47.